The molecule has 0 saturated carbocycles. The first-order chi connectivity index (χ1) is 12.5. The molecule has 2 rings (SSSR count). The second-order valence-electron chi connectivity index (χ2n) is 6.13. The molecule has 0 saturated heterocycles. The molecule has 0 heterocycles. The molecule has 0 aliphatic heterocycles. The van der Waals surface area contributed by atoms with E-state index in [1.165, 1.54) is 0 Å². The third-order valence-electron chi connectivity index (χ3n) is 3.57. The average molecular weight is 377 g/mol. The van der Waals surface area contributed by atoms with E-state index in [1.54, 1.807) is 24.3 Å². The zero-order valence-electron chi connectivity index (χ0n) is 15.2. The van der Waals surface area contributed by atoms with Crippen molar-refractivity contribution < 1.29 is 14.3 Å². The highest BCUT2D eigenvalue weighted by molar-refractivity contribution is 6.30. The molecule has 2 aromatic rings. The van der Waals surface area contributed by atoms with Gasteiger partial charge in [-0.3, -0.25) is 4.79 Å². The number of nitrogens with zero attached hydrogens (tertiary/aromatic N) is 1. The maximum absolute atomic E-state index is 12.0. The molecule has 6 heteroatoms. The number of amides is 1. The van der Waals surface area contributed by atoms with Crippen molar-refractivity contribution in [2.75, 3.05) is 39.2 Å². The fraction of sp³-hybridized carbons (Fsp3) is 0.350. The molecule has 0 fully saturated rings. The summed E-state index contributed by atoms with van der Waals surface area (Å²) in [6.07, 6.45) is 1.24. The molecule has 0 radical (unpaired) electrons. The van der Waals surface area contributed by atoms with Crippen molar-refractivity contribution in [3.63, 3.8) is 0 Å². The van der Waals surface area contributed by atoms with Gasteiger partial charge in [0.15, 0.2) is 0 Å². The summed E-state index contributed by atoms with van der Waals surface area (Å²) in [4.78, 5) is 14.1. The van der Waals surface area contributed by atoms with E-state index in [0.717, 1.165) is 24.4 Å². The van der Waals surface area contributed by atoms with Gasteiger partial charge in [-0.2, -0.15) is 0 Å². The monoisotopic (exact) mass is 376 g/mol. The number of carbonyl (C=O) groups excluding carboxylic acids is 1. The van der Waals surface area contributed by atoms with Crippen molar-refractivity contribution in [3.05, 3.63) is 53.6 Å². The molecule has 26 heavy (non-hydrogen) atoms. The fourth-order valence-corrected chi connectivity index (χ4v) is 2.35. The molecule has 0 aliphatic carbocycles. The Hall–Kier alpha value is -2.24. The Balaban J connectivity index is 1.67. The number of carbonyl (C=O) groups is 1. The van der Waals surface area contributed by atoms with Gasteiger partial charge < -0.3 is 19.7 Å². The SMILES string of the molecule is CN(C)CCCOc1ccc(NC(=O)CCOc2ccc(Cl)cc2)cc1. The minimum atomic E-state index is -0.0985. The second kappa shape index (κ2) is 10.7. The van der Waals surface area contributed by atoms with Crippen LogP contribution in [0, 0.1) is 0 Å². The van der Waals surface area contributed by atoms with Gasteiger partial charge in [-0.1, -0.05) is 11.6 Å². The molecule has 2 aromatic carbocycles. The number of hydrogen-bond acceptors (Lipinski definition) is 4. The summed E-state index contributed by atoms with van der Waals surface area (Å²) in [5.41, 5.74) is 0.738. The minimum absolute atomic E-state index is 0.0985. The van der Waals surface area contributed by atoms with Crippen LogP contribution in [0.3, 0.4) is 0 Å². The highest BCUT2D eigenvalue weighted by Crippen LogP contribution is 2.17. The predicted molar refractivity (Wildman–Crippen MR) is 105 cm³/mol. The molecule has 0 aliphatic rings. The molecule has 0 unspecified atom stereocenters. The van der Waals surface area contributed by atoms with E-state index in [1.807, 2.05) is 38.4 Å². The number of halogens is 1. The Morgan fingerprint density at radius 1 is 0.962 bits per heavy atom. The fourth-order valence-electron chi connectivity index (χ4n) is 2.22. The zero-order chi connectivity index (χ0) is 18.8. The Labute approximate surface area is 159 Å². The Morgan fingerprint density at radius 3 is 2.15 bits per heavy atom. The zero-order valence-corrected chi connectivity index (χ0v) is 16.0. The van der Waals surface area contributed by atoms with E-state index in [9.17, 15) is 4.79 Å². The molecular formula is C20H25ClN2O3. The molecule has 140 valence electrons. The number of hydrogen-bond donors (Lipinski definition) is 1. The lowest BCUT2D eigenvalue weighted by Gasteiger charge is -2.11. The van der Waals surface area contributed by atoms with Gasteiger partial charge in [0.25, 0.3) is 0 Å². The number of rotatable bonds is 10. The summed E-state index contributed by atoms with van der Waals surface area (Å²) in [6.45, 7) is 1.97. The van der Waals surface area contributed by atoms with Gasteiger partial charge in [0, 0.05) is 17.3 Å². The summed E-state index contributed by atoms with van der Waals surface area (Å²) >= 11 is 5.81. The van der Waals surface area contributed by atoms with Crippen LogP contribution < -0.4 is 14.8 Å². The summed E-state index contributed by atoms with van der Waals surface area (Å²) in [7, 11) is 4.08. The van der Waals surface area contributed by atoms with E-state index < -0.39 is 0 Å². The third-order valence-corrected chi connectivity index (χ3v) is 3.82. The quantitative estimate of drug-likeness (QED) is 0.635. The number of anilines is 1. The third kappa shape index (κ3) is 7.76. The van der Waals surface area contributed by atoms with E-state index in [2.05, 4.69) is 10.2 Å². The van der Waals surface area contributed by atoms with Crippen molar-refractivity contribution in [1.82, 2.24) is 4.90 Å². The average Bonchev–Trinajstić information content (AvgIpc) is 2.62. The Morgan fingerprint density at radius 2 is 1.54 bits per heavy atom. The van der Waals surface area contributed by atoms with Crippen LogP contribution >= 0.6 is 11.6 Å². The topological polar surface area (TPSA) is 50.8 Å². The van der Waals surface area contributed by atoms with Crippen LogP contribution in [0.2, 0.25) is 5.02 Å². The number of nitrogens with one attached hydrogen (secondary N) is 1. The highest BCUT2D eigenvalue weighted by Gasteiger charge is 2.04. The summed E-state index contributed by atoms with van der Waals surface area (Å²) in [5.74, 6) is 1.39. The van der Waals surface area contributed by atoms with Gasteiger partial charge in [-0.05, 0) is 69.0 Å². The van der Waals surface area contributed by atoms with Crippen LogP contribution in [-0.2, 0) is 4.79 Å². The van der Waals surface area contributed by atoms with Crippen molar-refractivity contribution >= 4 is 23.2 Å². The first kappa shape index (κ1) is 20.1. The molecule has 0 aromatic heterocycles. The largest absolute Gasteiger partial charge is 0.494 e. The standard InChI is InChI=1S/C20H25ClN2O3/c1-23(2)13-3-14-25-19-10-6-17(7-11-19)22-20(24)12-15-26-18-8-4-16(21)5-9-18/h4-11H,3,12-15H2,1-2H3,(H,22,24). The number of ether oxygens (including phenoxy) is 2. The van der Waals surface area contributed by atoms with E-state index in [-0.39, 0.29) is 12.3 Å². The van der Waals surface area contributed by atoms with E-state index in [4.69, 9.17) is 21.1 Å². The van der Waals surface area contributed by atoms with E-state index in [0.29, 0.717) is 24.0 Å². The lowest BCUT2D eigenvalue weighted by atomic mass is 10.3. The number of benzene rings is 2. The second-order valence-corrected chi connectivity index (χ2v) is 6.57. The van der Waals surface area contributed by atoms with Crippen LogP contribution in [0.25, 0.3) is 0 Å². The highest BCUT2D eigenvalue weighted by atomic mass is 35.5. The normalized spacial score (nSPS) is 10.6. The lowest BCUT2D eigenvalue weighted by molar-refractivity contribution is -0.116. The minimum Gasteiger partial charge on any atom is -0.494 e. The van der Waals surface area contributed by atoms with Gasteiger partial charge >= 0.3 is 0 Å². The van der Waals surface area contributed by atoms with Gasteiger partial charge in [0.05, 0.1) is 19.6 Å². The predicted octanol–water partition coefficient (Wildman–Crippen LogP) is 4.08. The van der Waals surface area contributed by atoms with Crippen LogP contribution in [0.4, 0.5) is 5.69 Å². The van der Waals surface area contributed by atoms with Crippen LogP contribution in [-0.4, -0.2) is 44.7 Å². The smallest absolute Gasteiger partial charge is 0.227 e. The Bertz CT molecular complexity index is 672. The molecular weight excluding hydrogens is 352 g/mol. The van der Waals surface area contributed by atoms with Gasteiger partial charge in [-0.15, -0.1) is 0 Å². The van der Waals surface area contributed by atoms with Gasteiger partial charge in [0.2, 0.25) is 5.91 Å². The van der Waals surface area contributed by atoms with Gasteiger partial charge in [-0.25, -0.2) is 0 Å². The van der Waals surface area contributed by atoms with Crippen LogP contribution in [0.15, 0.2) is 48.5 Å². The molecule has 1 amide bonds. The molecule has 0 spiro atoms. The van der Waals surface area contributed by atoms with Crippen molar-refractivity contribution in [1.29, 1.82) is 0 Å². The summed E-state index contributed by atoms with van der Waals surface area (Å²) < 4.78 is 11.2. The Kier molecular flexibility index (Phi) is 8.25. The molecule has 0 atom stereocenters. The molecule has 5 nitrogen and oxygen atoms in total. The van der Waals surface area contributed by atoms with Crippen molar-refractivity contribution in [2.24, 2.45) is 0 Å². The molecule has 1 N–H and O–H groups in total. The lowest BCUT2D eigenvalue weighted by Crippen LogP contribution is -2.16. The van der Waals surface area contributed by atoms with Crippen molar-refractivity contribution in [2.45, 2.75) is 12.8 Å². The summed E-state index contributed by atoms with van der Waals surface area (Å²) in [6, 6.07) is 14.4. The van der Waals surface area contributed by atoms with E-state index >= 15 is 0 Å². The first-order valence-electron chi connectivity index (χ1n) is 8.59. The first-order valence-corrected chi connectivity index (χ1v) is 8.96. The van der Waals surface area contributed by atoms with Gasteiger partial charge in [0.1, 0.15) is 11.5 Å². The van der Waals surface area contributed by atoms with Crippen molar-refractivity contribution in [3.8, 4) is 11.5 Å². The molecule has 0 bridgehead atoms. The summed E-state index contributed by atoms with van der Waals surface area (Å²) in [5, 5.41) is 3.50. The maximum atomic E-state index is 12.0. The van der Waals surface area contributed by atoms with Crippen LogP contribution in [0.1, 0.15) is 12.8 Å². The maximum Gasteiger partial charge on any atom is 0.227 e. The van der Waals surface area contributed by atoms with Crippen LogP contribution in [0.5, 0.6) is 11.5 Å².